The van der Waals surface area contributed by atoms with Crippen molar-refractivity contribution >= 4 is 12.0 Å². The van der Waals surface area contributed by atoms with Gasteiger partial charge in [-0.05, 0) is 24.3 Å². The van der Waals surface area contributed by atoms with Crippen molar-refractivity contribution in [2.45, 2.75) is 6.43 Å². The van der Waals surface area contributed by atoms with E-state index in [-0.39, 0.29) is 5.75 Å². The molecule has 4 nitrogen and oxygen atoms in total. The predicted octanol–water partition coefficient (Wildman–Crippen LogP) is 2.44. The molecule has 0 heterocycles. The number of methoxy groups -OCH3 is 1. The summed E-state index contributed by atoms with van der Waals surface area (Å²) in [7, 11) is 1.44. The summed E-state index contributed by atoms with van der Waals surface area (Å²) >= 11 is 0. The molecule has 18 heavy (non-hydrogen) atoms. The van der Waals surface area contributed by atoms with Gasteiger partial charge in [0.05, 0.1) is 7.11 Å². The first-order valence-corrected chi connectivity index (χ1v) is 5.03. The number of carboxylic acid groups (broad SMARTS) is 1. The van der Waals surface area contributed by atoms with Crippen LogP contribution in [-0.2, 0) is 4.79 Å². The number of halogens is 2. The van der Waals surface area contributed by atoms with Gasteiger partial charge in [-0.15, -0.1) is 0 Å². The first-order valence-electron chi connectivity index (χ1n) is 5.03. The minimum Gasteiger partial charge on any atom is -0.497 e. The van der Waals surface area contributed by atoms with Crippen molar-refractivity contribution in [1.29, 1.82) is 0 Å². The first-order chi connectivity index (χ1) is 8.52. The van der Waals surface area contributed by atoms with Crippen molar-refractivity contribution in [2.75, 3.05) is 13.7 Å². The Hall–Kier alpha value is -2.11. The number of aliphatic carboxylic acids is 1. The molecule has 1 aromatic carbocycles. The summed E-state index contributed by atoms with van der Waals surface area (Å²) in [6, 6.07) is 4.49. The van der Waals surface area contributed by atoms with Gasteiger partial charge in [-0.3, -0.25) is 0 Å². The fraction of sp³-hybridized carbons (Fsp3) is 0.250. The molecule has 0 spiro atoms. The summed E-state index contributed by atoms with van der Waals surface area (Å²) in [5.41, 5.74) is 0.359. The van der Waals surface area contributed by atoms with Gasteiger partial charge in [0.1, 0.15) is 18.1 Å². The molecule has 98 valence electrons. The molecule has 0 aliphatic rings. The summed E-state index contributed by atoms with van der Waals surface area (Å²) in [4.78, 5) is 10.4. The molecule has 0 amide bonds. The van der Waals surface area contributed by atoms with Gasteiger partial charge in [-0.2, -0.15) is 0 Å². The molecule has 0 saturated carbocycles. The zero-order valence-electron chi connectivity index (χ0n) is 9.60. The van der Waals surface area contributed by atoms with Gasteiger partial charge in [0, 0.05) is 11.6 Å². The van der Waals surface area contributed by atoms with Gasteiger partial charge in [-0.1, -0.05) is 0 Å². The van der Waals surface area contributed by atoms with Crippen molar-refractivity contribution in [1.82, 2.24) is 0 Å². The Morgan fingerprint density at radius 1 is 1.50 bits per heavy atom. The summed E-state index contributed by atoms with van der Waals surface area (Å²) in [5.74, 6) is -0.490. The lowest BCUT2D eigenvalue weighted by molar-refractivity contribution is -0.131. The highest BCUT2D eigenvalue weighted by Gasteiger charge is 2.08. The number of hydrogen-bond donors (Lipinski definition) is 1. The normalized spacial score (nSPS) is 10.9. The molecular weight excluding hydrogens is 246 g/mol. The van der Waals surface area contributed by atoms with Crippen molar-refractivity contribution in [2.24, 2.45) is 0 Å². The Morgan fingerprint density at radius 3 is 2.78 bits per heavy atom. The summed E-state index contributed by atoms with van der Waals surface area (Å²) in [6.45, 7) is -0.750. The number of benzene rings is 1. The maximum Gasteiger partial charge on any atom is 0.328 e. The predicted molar refractivity (Wildman–Crippen MR) is 61.2 cm³/mol. The second-order valence-electron chi connectivity index (χ2n) is 3.28. The Morgan fingerprint density at radius 2 is 2.22 bits per heavy atom. The molecule has 0 fully saturated rings. The molecule has 6 heteroatoms. The van der Waals surface area contributed by atoms with Crippen molar-refractivity contribution < 1.29 is 28.2 Å². The lowest BCUT2D eigenvalue weighted by Gasteiger charge is -2.10. The molecule has 1 aromatic rings. The molecule has 0 saturated heterocycles. The van der Waals surface area contributed by atoms with E-state index in [4.69, 9.17) is 14.6 Å². The molecular formula is C12H12F2O4. The minimum atomic E-state index is -2.59. The van der Waals surface area contributed by atoms with Crippen LogP contribution in [-0.4, -0.2) is 31.2 Å². The van der Waals surface area contributed by atoms with Crippen LogP contribution in [0.5, 0.6) is 11.5 Å². The van der Waals surface area contributed by atoms with Gasteiger partial charge in [0.15, 0.2) is 0 Å². The number of rotatable bonds is 6. The first kappa shape index (κ1) is 14.0. The van der Waals surface area contributed by atoms with E-state index in [2.05, 4.69) is 0 Å². The standard InChI is InChI=1S/C12H12F2O4/c1-17-9-3-4-10(18-7-11(13)14)8(6-9)2-5-12(15)16/h2-6,11H,7H2,1H3,(H,15,16)/b5-2+. The monoisotopic (exact) mass is 258 g/mol. The zero-order valence-corrected chi connectivity index (χ0v) is 9.60. The third kappa shape index (κ3) is 4.40. The fourth-order valence-corrected chi connectivity index (χ4v) is 1.23. The van der Waals surface area contributed by atoms with Crippen molar-refractivity contribution in [3.8, 4) is 11.5 Å². The van der Waals surface area contributed by atoms with E-state index >= 15 is 0 Å². The molecule has 1 rings (SSSR count). The van der Waals surface area contributed by atoms with Crippen LogP contribution in [0.3, 0.4) is 0 Å². The Kier molecular flexibility index (Phi) is 5.10. The second kappa shape index (κ2) is 6.58. The molecule has 0 unspecified atom stereocenters. The quantitative estimate of drug-likeness (QED) is 0.796. The van der Waals surface area contributed by atoms with Crippen LogP contribution in [0.4, 0.5) is 8.78 Å². The van der Waals surface area contributed by atoms with E-state index in [1.165, 1.54) is 25.3 Å². The lowest BCUT2D eigenvalue weighted by Crippen LogP contribution is -2.07. The topological polar surface area (TPSA) is 55.8 Å². The minimum absolute atomic E-state index is 0.175. The third-order valence-corrected chi connectivity index (χ3v) is 1.99. The van der Waals surface area contributed by atoms with Crippen LogP contribution < -0.4 is 9.47 Å². The van der Waals surface area contributed by atoms with E-state index in [0.717, 1.165) is 6.08 Å². The SMILES string of the molecule is COc1ccc(OCC(F)F)c(/C=C/C(=O)O)c1. The van der Waals surface area contributed by atoms with Crippen LogP contribution in [0, 0.1) is 0 Å². The molecule has 0 aliphatic heterocycles. The average molecular weight is 258 g/mol. The van der Waals surface area contributed by atoms with Crippen LogP contribution in [0.15, 0.2) is 24.3 Å². The lowest BCUT2D eigenvalue weighted by atomic mass is 10.1. The molecule has 0 radical (unpaired) electrons. The molecule has 0 atom stereocenters. The highest BCUT2D eigenvalue weighted by Crippen LogP contribution is 2.25. The maximum absolute atomic E-state index is 12.0. The Bertz CT molecular complexity index is 444. The number of alkyl halides is 2. The van der Waals surface area contributed by atoms with Crippen molar-refractivity contribution in [3.05, 3.63) is 29.8 Å². The van der Waals surface area contributed by atoms with Crippen molar-refractivity contribution in [3.63, 3.8) is 0 Å². The van der Waals surface area contributed by atoms with Crippen LogP contribution in [0.25, 0.3) is 6.08 Å². The third-order valence-electron chi connectivity index (χ3n) is 1.99. The largest absolute Gasteiger partial charge is 0.497 e. The van der Waals surface area contributed by atoms with Gasteiger partial charge in [0.2, 0.25) is 0 Å². The van der Waals surface area contributed by atoms with E-state index in [9.17, 15) is 13.6 Å². The highest BCUT2D eigenvalue weighted by molar-refractivity contribution is 5.86. The number of carbonyl (C=O) groups is 1. The van der Waals surface area contributed by atoms with Crippen LogP contribution in [0.1, 0.15) is 5.56 Å². The van der Waals surface area contributed by atoms with E-state index in [0.29, 0.717) is 11.3 Å². The van der Waals surface area contributed by atoms with Gasteiger partial charge < -0.3 is 14.6 Å². The maximum atomic E-state index is 12.0. The molecule has 0 bridgehead atoms. The highest BCUT2D eigenvalue weighted by atomic mass is 19.3. The number of carboxylic acids is 1. The van der Waals surface area contributed by atoms with Crippen LogP contribution >= 0.6 is 0 Å². The average Bonchev–Trinajstić information content (AvgIpc) is 2.34. The van der Waals surface area contributed by atoms with E-state index in [1.54, 1.807) is 6.07 Å². The summed E-state index contributed by atoms with van der Waals surface area (Å²) in [5, 5.41) is 8.53. The molecule has 1 N–H and O–H groups in total. The Balaban J connectivity index is 2.96. The number of hydrogen-bond acceptors (Lipinski definition) is 3. The smallest absolute Gasteiger partial charge is 0.328 e. The van der Waals surface area contributed by atoms with Gasteiger partial charge in [0.25, 0.3) is 6.43 Å². The van der Waals surface area contributed by atoms with Gasteiger partial charge in [-0.25, -0.2) is 13.6 Å². The van der Waals surface area contributed by atoms with E-state index in [1.807, 2.05) is 0 Å². The van der Waals surface area contributed by atoms with E-state index < -0.39 is 19.0 Å². The molecule has 0 aliphatic carbocycles. The fourth-order valence-electron chi connectivity index (χ4n) is 1.23. The van der Waals surface area contributed by atoms with Crippen LogP contribution in [0.2, 0.25) is 0 Å². The molecule has 0 aromatic heterocycles. The second-order valence-corrected chi connectivity index (χ2v) is 3.28. The summed E-state index contributed by atoms with van der Waals surface area (Å²) < 4.78 is 33.9. The number of ether oxygens (including phenoxy) is 2. The Labute approximate surface area is 102 Å². The van der Waals surface area contributed by atoms with Gasteiger partial charge >= 0.3 is 5.97 Å². The zero-order chi connectivity index (χ0) is 13.5. The summed E-state index contributed by atoms with van der Waals surface area (Å²) in [6.07, 6.45) is -0.446.